The fourth-order valence-corrected chi connectivity index (χ4v) is 3.55. The molecule has 1 saturated heterocycles. The number of nitrogens with zero attached hydrogens (tertiary/aromatic N) is 1. The normalized spacial score (nSPS) is 20.1. The summed E-state index contributed by atoms with van der Waals surface area (Å²) in [7, 11) is 0. The lowest BCUT2D eigenvalue weighted by atomic mass is 10.1. The van der Waals surface area contributed by atoms with Crippen LogP contribution in [0.1, 0.15) is 31.9 Å². The third kappa shape index (κ3) is 3.90. The average Bonchev–Trinajstić information content (AvgIpc) is 2.37. The molecule has 0 aliphatic carbocycles. The van der Waals surface area contributed by atoms with Crippen LogP contribution in [0.25, 0.3) is 0 Å². The van der Waals surface area contributed by atoms with E-state index in [0.717, 1.165) is 6.54 Å². The molecule has 0 saturated carbocycles. The molecule has 0 aromatic heterocycles. The Morgan fingerprint density at radius 3 is 2.89 bits per heavy atom. The second-order valence-electron chi connectivity index (χ2n) is 5.79. The first-order valence-electron chi connectivity index (χ1n) is 7.25. The molecule has 3 heteroatoms. The molecule has 0 radical (unpaired) electrons. The van der Waals surface area contributed by atoms with Gasteiger partial charge in [0.25, 0.3) is 0 Å². The summed E-state index contributed by atoms with van der Waals surface area (Å²) in [6, 6.07) is 8.04. The highest BCUT2D eigenvalue weighted by Gasteiger charge is 2.21. The summed E-state index contributed by atoms with van der Waals surface area (Å²) in [5.74, 6) is 2.49. The molecule has 1 aromatic rings. The quantitative estimate of drug-likeness (QED) is 0.908. The predicted molar refractivity (Wildman–Crippen MR) is 87.3 cm³/mol. The number of benzene rings is 1. The Morgan fingerprint density at radius 2 is 2.21 bits per heavy atom. The Bertz CT molecular complexity index is 417. The van der Waals surface area contributed by atoms with E-state index in [1.165, 1.54) is 34.9 Å². The van der Waals surface area contributed by atoms with Crippen LogP contribution in [-0.4, -0.2) is 30.1 Å². The molecule has 1 atom stereocenters. The van der Waals surface area contributed by atoms with Crippen LogP contribution in [0.5, 0.6) is 0 Å². The van der Waals surface area contributed by atoms with Gasteiger partial charge in [-0.05, 0) is 25.5 Å². The molecule has 1 aliphatic heterocycles. The van der Waals surface area contributed by atoms with Gasteiger partial charge in [0, 0.05) is 42.4 Å². The highest BCUT2D eigenvalue weighted by molar-refractivity contribution is 7.99. The van der Waals surface area contributed by atoms with Crippen LogP contribution in [0.2, 0.25) is 0 Å². The zero-order chi connectivity index (χ0) is 13.8. The highest BCUT2D eigenvalue weighted by Crippen LogP contribution is 2.28. The number of anilines is 1. The smallest absolute Gasteiger partial charge is 0.0415 e. The van der Waals surface area contributed by atoms with Gasteiger partial charge in [-0.3, -0.25) is 0 Å². The lowest BCUT2D eigenvalue weighted by Crippen LogP contribution is -2.41. The van der Waals surface area contributed by atoms with Crippen molar-refractivity contribution in [3.8, 4) is 0 Å². The molecule has 1 fully saturated rings. The van der Waals surface area contributed by atoms with Gasteiger partial charge in [0.05, 0.1) is 0 Å². The van der Waals surface area contributed by atoms with Gasteiger partial charge in [0.1, 0.15) is 0 Å². The maximum absolute atomic E-state index is 3.55. The zero-order valence-corrected chi connectivity index (χ0v) is 13.4. The summed E-state index contributed by atoms with van der Waals surface area (Å²) < 4.78 is 0. The van der Waals surface area contributed by atoms with Crippen molar-refractivity contribution in [1.29, 1.82) is 0 Å². The van der Waals surface area contributed by atoms with Gasteiger partial charge in [-0.1, -0.05) is 31.5 Å². The van der Waals surface area contributed by atoms with E-state index in [1.54, 1.807) is 0 Å². The van der Waals surface area contributed by atoms with E-state index in [9.17, 15) is 0 Å². The van der Waals surface area contributed by atoms with E-state index in [0.29, 0.717) is 12.1 Å². The predicted octanol–water partition coefficient (Wildman–Crippen LogP) is 3.43. The number of thioether (sulfide) groups is 1. The lowest BCUT2D eigenvalue weighted by Gasteiger charge is -2.36. The van der Waals surface area contributed by atoms with E-state index in [-0.39, 0.29) is 0 Å². The molecule has 106 valence electrons. The van der Waals surface area contributed by atoms with Crippen molar-refractivity contribution in [2.75, 3.05) is 23.0 Å². The minimum atomic E-state index is 0.530. The first-order chi connectivity index (χ1) is 9.08. The fraction of sp³-hybridized carbons (Fsp3) is 0.625. The van der Waals surface area contributed by atoms with Crippen molar-refractivity contribution >= 4 is 17.4 Å². The van der Waals surface area contributed by atoms with E-state index in [4.69, 9.17) is 0 Å². The molecule has 0 amide bonds. The van der Waals surface area contributed by atoms with Crippen molar-refractivity contribution < 1.29 is 0 Å². The Labute approximate surface area is 122 Å². The summed E-state index contributed by atoms with van der Waals surface area (Å²) in [6.45, 7) is 11.1. The molecule has 2 rings (SSSR count). The number of rotatable bonds is 4. The van der Waals surface area contributed by atoms with Crippen molar-refractivity contribution in [2.24, 2.45) is 0 Å². The SMILES string of the molecule is Cc1ccc(N2CCSCC2C)c(CNC(C)C)c1. The summed E-state index contributed by atoms with van der Waals surface area (Å²) in [6.07, 6.45) is 0. The Kier molecular flexibility index (Phi) is 5.17. The highest BCUT2D eigenvalue weighted by atomic mass is 32.2. The molecule has 0 spiro atoms. The average molecular weight is 278 g/mol. The van der Waals surface area contributed by atoms with Crippen molar-refractivity contribution in [3.05, 3.63) is 29.3 Å². The van der Waals surface area contributed by atoms with Crippen LogP contribution < -0.4 is 10.2 Å². The van der Waals surface area contributed by atoms with Crippen LogP contribution in [0.15, 0.2) is 18.2 Å². The van der Waals surface area contributed by atoms with E-state index >= 15 is 0 Å². The minimum Gasteiger partial charge on any atom is -0.367 e. The van der Waals surface area contributed by atoms with E-state index in [1.807, 2.05) is 0 Å². The second kappa shape index (κ2) is 6.67. The van der Waals surface area contributed by atoms with Gasteiger partial charge in [0.2, 0.25) is 0 Å². The Morgan fingerprint density at radius 1 is 1.42 bits per heavy atom. The van der Waals surface area contributed by atoms with Gasteiger partial charge in [0.15, 0.2) is 0 Å². The molecular formula is C16H26N2S. The fourth-order valence-electron chi connectivity index (χ4n) is 2.54. The molecule has 1 heterocycles. The van der Waals surface area contributed by atoms with Gasteiger partial charge in [-0.2, -0.15) is 11.8 Å². The van der Waals surface area contributed by atoms with Crippen LogP contribution >= 0.6 is 11.8 Å². The molecule has 2 nitrogen and oxygen atoms in total. The van der Waals surface area contributed by atoms with Crippen LogP contribution in [0.4, 0.5) is 5.69 Å². The topological polar surface area (TPSA) is 15.3 Å². The number of hydrogen-bond donors (Lipinski definition) is 1. The summed E-state index contributed by atoms with van der Waals surface area (Å²) in [5, 5.41) is 3.55. The van der Waals surface area contributed by atoms with Crippen molar-refractivity contribution in [2.45, 2.75) is 46.3 Å². The van der Waals surface area contributed by atoms with Crippen molar-refractivity contribution in [1.82, 2.24) is 5.32 Å². The maximum Gasteiger partial charge on any atom is 0.0415 e. The molecule has 1 N–H and O–H groups in total. The largest absolute Gasteiger partial charge is 0.367 e. The van der Waals surface area contributed by atoms with Crippen LogP contribution in [0.3, 0.4) is 0 Å². The van der Waals surface area contributed by atoms with Crippen LogP contribution in [0, 0.1) is 6.92 Å². The van der Waals surface area contributed by atoms with E-state index in [2.05, 4.69) is 67.9 Å². The zero-order valence-electron chi connectivity index (χ0n) is 12.6. The molecule has 0 bridgehead atoms. The summed E-state index contributed by atoms with van der Waals surface area (Å²) in [5.41, 5.74) is 4.21. The number of aryl methyl sites for hydroxylation is 1. The maximum atomic E-state index is 3.55. The molecule has 1 aliphatic rings. The Balaban J connectivity index is 2.22. The molecular weight excluding hydrogens is 252 g/mol. The molecule has 1 aromatic carbocycles. The Hall–Kier alpha value is -0.670. The summed E-state index contributed by atoms with van der Waals surface area (Å²) >= 11 is 2.07. The molecule has 1 unspecified atom stereocenters. The third-order valence-corrected chi connectivity index (χ3v) is 4.80. The monoisotopic (exact) mass is 278 g/mol. The van der Waals surface area contributed by atoms with Gasteiger partial charge < -0.3 is 10.2 Å². The lowest BCUT2D eigenvalue weighted by molar-refractivity contribution is 0.585. The summed E-state index contributed by atoms with van der Waals surface area (Å²) in [4.78, 5) is 2.58. The number of hydrogen-bond acceptors (Lipinski definition) is 3. The standard InChI is InChI=1S/C16H26N2S/c1-12(2)17-10-15-9-13(3)5-6-16(15)18-7-8-19-11-14(18)4/h5-6,9,12,14,17H,7-8,10-11H2,1-4H3. The first-order valence-corrected chi connectivity index (χ1v) is 8.40. The third-order valence-electron chi connectivity index (χ3n) is 3.61. The molecule has 19 heavy (non-hydrogen) atoms. The van der Waals surface area contributed by atoms with Crippen molar-refractivity contribution in [3.63, 3.8) is 0 Å². The van der Waals surface area contributed by atoms with Gasteiger partial charge in [-0.15, -0.1) is 0 Å². The van der Waals surface area contributed by atoms with Crippen LogP contribution in [-0.2, 0) is 6.54 Å². The van der Waals surface area contributed by atoms with E-state index < -0.39 is 0 Å². The minimum absolute atomic E-state index is 0.530. The van der Waals surface area contributed by atoms with Gasteiger partial charge in [-0.25, -0.2) is 0 Å². The van der Waals surface area contributed by atoms with Gasteiger partial charge >= 0.3 is 0 Å². The second-order valence-corrected chi connectivity index (χ2v) is 6.93. The first kappa shape index (κ1) is 14.7. The number of nitrogens with one attached hydrogen (secondary N) is 1.